The van der Waals surface area contributed by atoms with Crippen LogP contribution < -0.4 is 5.43 Å². The van der Waals surface area contributed by atoms with Crippen LogP contribution >= 0.6 is 0 Å². The van der Waals surface area contributed by atoms with Gasteiger partial charge in [-0.3, -0.25) is 4.79 Å². The molecule has 1 aromatic carbocycles. The first-order chi connectivity index (χ1) is 18.7. The average molecular weight is 534 g/mol. The minimum absolute atomic E-state index is 0.0255. The number of amides is 1. The van der Waals surface area contributed by atoms with Crippen molar-refractivity contribution in [1.29, 1.82) is 0 Å². The molecule has 6 rings (SSSR count). The van der Waals surface area contributed by atoms with Gasteiger partial charge >= 0.3 is 0 Å². The third kappa shape index (κ3) is 4.65. The first kappa shape index (κ1) is 27.0. The van der Waals surface area contributed by atoms with Crippen molar-refractivity contribution in [2.75, 3.05) is 0 Å². The molecule has 0 spiro atoms. The number of aromatic nitrogens is 1. The Balaban J connectivity index is 1.06. The van der Waals surface area contributed by atoms with E-state index in [2.05, 4.69) is 36.3 Å². The number of aromatic amines is 1. The van der Waals surface area contributed by atoms with Crippen molar-refractivity contribution < 1.29 is 15.0 Å². The largest absolute Gasteiger partial charge is 0.393 e. The number of carbonyl (C=O) groups is 1. The zero-order chi connectivity index (χ0) is 27.4. The fourth-order valence-electron chi connectivity index (χ4n) is 10.2. The van der Waals surface area contributed by atoms with E-state index in [-0.39, 0.29) is 28.9 Å². The number of aliphatic hydroxyl groups excluding tert-OH is 2. The molecule has 0 radical (unpaired) electrons. The van der Waals surface area contributed by atoms with E-state index in [1.165, 1.54) is 25.7 Å². The van der Waals surface area contributed by atoms with Crippen molar-refractivity contribution in [2.45, 2.75) is 97.2 Å². The van der Waals surface area contributed by atoms with Crippen LogP contribution in [-0.2, 0) is 4.79 Å². The average Bonchev–Trinajstić information content (AvgIpc) is 3.49. The summed E-state index contributed by atoms with van der Waals surface area (Å²) in [5.41, 5.74) is 5.27. The number of nitrogens with zero attached hydrogens (tertiary/aromatic N) is 1. The van der Waals surface area contributed by atoms with Crippen LogP contribution in [0, 0.1) is 46.3 Å². The Morgan fingerprint density at radius 2 is 1.87 bits per heavy atom. The van der Waals surface area contributed by atoms with Gasteiger partial charge in [0.05, 0.1) is 18.4 Å². The highest BCUT2D eigenvalue weighted by molar-refractivity contribution is 5.99. The lowest BCUT2D eigenvalue weighted by Crippen LogP contribution is -2.58. The van der Waals surface area contributed by atoms with E-state index in [4.69, 9.17) is 0 Å². The van der Waals surface area contributed by atoms with Gasteiger partial charge in [-0.2, -0.15) is 5.10 Å². The molecule has 39 heavy (non-hydrogen) atoms. The number of para-hydroxylation sites is 1. The fraction of sp³-hybridized carbons (Fsp3) is 0.697. The SMILES string of the molecule is C[C@@H](CCC(=O)N/N=C/c1c[nH]c2ccccc12)[C@@H]1CC[C@@H]2[C@H]3[C@H](O)C[C@H]4C[C@@H](O)CC[C@]4(C)[C@@H]3CC[C@@]21C. The van der Waals surface area contributed by atoms with E-state index in [1.54, 1.807) is 6.21 Å². The maximum absolute atomic E-state index is 12.7. The minimum Gasteiger partial charge on any atom is -0.393 e. The Bertz CT molecular complexity index is 1220. The summed E-state index contributed by atoms with van der Waals surface area (Å²) in [5.74, 6) is 3.02. The molecule has 4 N–H and O–H groups in total. The third-order valence-electron chi connectivity index (χ3n) is 12.3. The molecule has 4 aliphatic rings. The molecule has 4 fully saturated rings. The third-order valence-corrected chi connectivity index (χ3v) is 12.3. The van der Waals surface area contributed by atoms with Crippen LogP contribution in [0.2, 0.25) is 0 Å². The zero-order valence-electron chi connectivity index (χ0n) is 23.9. The van der Waals surface area contributed by atoms with Gasteiger partial charge in [-0.05, 0) is 110 Å². The number of hydrazone groups is 1. The molecule has 1 aromatic heterocycles. The van der Waals surface area contributed by atoms with Gasteiger partial charge < -0.3 is 15.2 Å². The molecule has 6 heteroatoms. The molecular weight excluding hydrogens is 486 g/mol. The highest BCUT2D eigenvalue weighted by Gasteiger charge is 2.62. The second-order valence-electron chi connectivity index (χ2n) is 14.1. The molecule has 1 amide bonds. The topological polar surface area (TPSA) is 97.7 Å². The summed E-state index contributed by atoms with van der Waals surface area (Å²) < 4.78 is 0. The van der Waals surface area contributed by atoms with Crippen molar-refractivity contribution in [2.24, 2.45) is 51.4 Å². The van der Waals surface area contributed by atoms with Crippen LogP contribution in [0.3, 0.4) is 0 Å². The van der Waals surface area contributed by atoms with E-state index in [0.29, 0.717) is 41.9 Å². The molecule has 2 aromatic rings. The van der Waals surface area contributed by atoms with Crippen molar-refractivity contribution in [3.8, 4) is 0 Å². The molecule has 0 aliphatic heterocycles. The maximum atomic E-state index is 12.7. The number of nitrogens with one attached hydrogen (secondary N) is 2. The van der Waals surface area contributed by atoms with Gasteiger partial charge in [0.15, 0.2) is 0 Å². The van der Waals surface area contributed by atoms with Gasteiger partial charge in [0.2, 0.25) is 5.91 Å². The zero-order valence-corrected chi connectivity index (χ0v) is 23.9. The Kier molecular flexibility index (Phi) is 7.16. The number of H-pyrrole nitrogens is 1. The van der Waals surface area contributed by atoms with Crippen molar-refractivity contribution in [3.63, 3.8) is 0 Å². The van der Waals surface area contributed by atoms with Crippen molar-refractivity contribution >= 4 is 23.0 Å². The normalized spacial score (nSPS) is 40.7. The van der Waals surface area contributed by atoms with Gasteiger partial charge in [-0.1, -0.05) is 39.0 Å². The lowest BCUT2D eigenvalue weighted by atomic mass is 9.43. The summed E-state index contributed by atoms with van der Waals surface area (Å²) in [6.07, 6.45) is 13.2. The number of fused-ring (bicyclic) bond motifs is 6. The van der Waals surface area contributed by atoms with Gasteiger partial charge in [-0.25, -0.2) is 5.43 Å². The molecule has 0 unspecified atom stereocenters. The second kappa shape index (κ2) is 10.3. The number of benzene rings is 1. The Labute approximate surface area is 233 Å². The number of hydrogen-bond donors (Lipinski definition) is 4. The van der Waals surface area contributed by atoms with E-state index >= 15 is 0 Å². The summed E-state index contributed by atoms with van der Waals surface area (Å²) in [4.78, 5) is 15.9. The highest BCUT2D eigenvalue weighted by atomic mass is 16.3. The van der Waals surface area contributed by atoms with Gasteiger partial charge in [0.25, 0.3) is 0 Å². The summed E-state index contributed by atoms with van der Waals surface area (Å²) in [6, 6.07) is 8.07. The van der Waals surface area contributed by atoms with E-state index < -0.39 is 0 Å². The Morgan fingerprint density at radius 3 is 2.72 bits per heavy atom. The predicted octanol–water partition coefficient (Wildman–Crippen LogP) is 6.02. The predicted molar refractivity (Wildman–Crippen MR) is 155 cm³/mol. The first-order valence-corrected chi connectivity index (χ1v) is 15.4. The molecule has 6 nitrogen and oxygen atoms in total. The Hall–Kier alpha value is -2.18. The number of rotatable bonds is 6. The van der Waals surface area contributed by atoms with Gasteiger partial charge in [0, 0.05) is 29.1 Å². The summed E-state index contributed by atoms with van der Waals surface area (Å²) in [6.45, 7) is 7.31. The van der Waals surface area contributed by atoms with Crippen LogP contribution in [-0.4, -0.2) is 39.5 Å². The van der Waals surface area contributed by atoms with Gasteiger partial charge in [0.1, 0.15) is 0 Å². The molecule has 4 aliphatic carbocycles. The summed E-state index contributed by atoms with van der Waals surface area (Å²) in [5, 5.41) is 27.1. The monoisotopic (exact) mass is 533 g/mol. The minimum atomic E-state index is -0.238. The summed E-state index contributed by atoms with van der Waals surface area (Å²) >= 11 is 0. The van der Waals surface area contributed by atoms with E-state index in [0.717, 1.165) is 48.6 Å². The number of aliphatic hydroxyl groups is 2. The number of carbonyl (C=O) groups excluding carboxylic acids is 1. The van der Waals surface area contributed by atoms with Crippen molar-refractivity contribution in [3.05, 3.63) is 36.0 Å². The van der Waals surface area contributed by atoms with Crippen LogP contribution in [0.4, 0.5) is 0 Å². The fourth-order valence-corrected chi connectivity index (χ4v) is 10.2. The van der Waals surface area contributed by atoms with E-state index in [1.807, 2.05) is 30.5 Å². The lowest BCUT2D eigenvalue weighted by Gasteiger charge is -2.62. The standard InChI is InChI=1S/C33H47N3O3/c1-20(8-11-30(39)36-35-19-21-18-34-28-7-5-4-6-24(21)28)25-9-10-26-31-27(13-15-33(25,26)3)32(2)14-12-23(37)16-22(32)17-29(31)38/h4-7,18-20,22-23,25-27,29,31,34,37-38H,8-17H2,1-3H3,(H,36,39)/b35-19+/t20-,22+,23-,25-,26+,27+,29+,31+,32-,33+/m0/s1. The van der Waals surface area contributed by atoms with Crippen LogP contribution in [0.15, 0.2) is 35.6 Å². The van der Waals surface area contributed by atoms with E-state index in [9.17, 15) is 15.0 Å². The first-order valence-electron chi connectivity index (χ1n) is 15.4. The summed E-state index contributed by atoms with van der Waals surface area (Å²) in [7, 11) is 0. The molecule has 0 bridgehead atoms. The van der Waals surface area contributed by atoms with Crippen LogP contribution in [0.5, 0.6) is 0 Å². The molecule has 4 saturated carbocycles. The highest BCUT2D eigenvalue weighted by Crippen LogP contribution is 2.68. The lowest BCUT2D eigenvalue weighted by molar-refractivity contribution is -0.174. The van der Waals surface area contributed by atoms with Crippen LogP contribution in [0.1, 0.15) is 90.5 Å². The quantitative estimate of drug-likeness (QED) is 0.270. The smallest absolute Gasteiger partial charge is 0.240 e. The van der Waals surface area contributed by atoms with Gasteiger partial charge in [-0.15, -0.1) is 0 Å². The maximum Gasteiger partial charge on any atom is 0.240 e. The Morgan fingerprint density at radius 1 is 1.10 bits per heavy atom. The molecule has 10 atom stereocenters. The number of hydrogen-bond acceptors (Lipinski definition) is 4. The molecule has 1 heterocycles. The molecule has 0 saturated heterocycles. The molecular formula is C33H47N3O3. The van der Waals surface area contributed by atoms with Crippen LogP contribution in [0.25, 0.3) is 10.9 Å². The molecule has 212 valence electrons. The van der Waals surface area contributed by atoms with Crippen molar-refractivity contribution in [1.82, 2.24) is 10.4 Å². The second-order valence-corrected chi connectivity index (χ2v) is 14.1.